The van der Waals surface area contributed by atoms with Gasteiger partial charge < -0.3 is 10.5 Å². The predicted molar refractivity (Wildman–Crippen MR) is 80.0 cm³/mol. The third-order valence-corrected chi connectivity index (χ3v) is 4.66. The molecule has 0 aliphatic carbocycles. The summed E-state index contributed by atoms with van der Waals surface area (Å²) in [6.07, 6.45) is 0. The Bertz CT molecular complexity index is 590. The summed E-state index contributed by atoms with van der Waals surface area (Å²) in [5, 5.41) is 0.948. The summed E-state index contributed by atoms with van der Waals surface area (Å²) in [5.74, 6) is 0.901. The Balaban J connectivity index is 1.81. The Morgan fingerprint density at radius 1 is 1.16 bits per heavy atom. The lowest BCUT2D eigenvalue weighted by molar-refractivity contribution is 0.276. The Morgan fingerprint density at radius 2 is 2.00 bits per heavy atom. The molecule has 0 bridgehead atoms. The van der Waals surface area contributed by atoms with Gasteiger partial charge in [0.25, 0.3) is 0 Å². The summed E-state index contributed by atoms with van der Waals surface area (Å²) in [6, 6.07) is 15.8. The van der Waals surface area contributed by atoms with Gasteiger partial charge in [0.1, 0.15) is 12.4 Å². The Hall–Kier alpha value is -1.16. The van der Waals surface area contributed by atoms with Crippen LogP contribution < -0.4 is 10.5 Å². The number of rotatable bonds is 2. The fourth-order valence-electron chi connectivity index (χ4n) is 2.19. The number of nitrogens with two attached hydrogens (primary N) is 1. The van der Waals surface area contributed by atoms with E-state index in [0.29, 0.717) is 6.61 Å². The molecular formula is C15H14ClNOS. The van der Waals surface area contributed by atoms with Gasteiger partial charge >= 0.3 is 0 Å². The van der Waals surface area contributed by atoms with Gasteiger partial charge in [-0.25, -0.2) is 0 Å². The molecule has 0 aromatic heterocycles. The molecule has 2 aromatic carbocycles. The largest absolute Gasteiger partial charge is 0.492 e. The van der Waals surface area contributed by atoms with Crippen LogP contribution in [0.4, 0.5) is 0 Å². The first-order valence-corrected chi connectivity index (χ1v) is 7.39. The molecule has 3 rings (SSSR count). The van der Waals surface area contributed by atoms with E-state index in [1.165, 1.54) is 0 Å². The monoisotopic (exact) mass is 291 g/mol. The van der Waals surface area contributed by atoms with Crippen molar-refractivity contribution in [2.45, 2.75) is 16.2 Å². The molecule has 0 amide bonds. The summed E-state index contributed by atoms with van der Waals surface area (Å²) in [5.41, 5.74) is 7.42. The second-order valence-corrected chi connectivity index (χ2v) is 6.24. The number of hydrogen-bond acceptors (Lipinski definition) is 3. The van der Waals surface area contributed by atoms with Gasteiger partial charge in [0.15, 0.2) is 0 Å². The fourth-order valence-corrected chi connectivity index (χ4v) is 3.57. The maximum Gasteiger partial charge on any atom is 0.124 e. The number of halogens is 1. The van der Waals surface area contributed by atoms with E-state index < -0.39 is 0 Å². The topological polar surface area (TPSA) is 35.2 Å². The zero-order valence-corrected chi connectivity index (χ0v) is 11.8. The van der Waals surface area contributed by atoms with Crippen LogP contribution >= 0.6 is 23.4 Å². The lowest BCUT2D eigenvalue weighted by Gasteiger charge is -2.30. The smallest absolute Gasteiger partial charge is 0.124 e. The first-order valence-electron chi connectivity index (χ1n) is 6.13. The highest BCUT2D eigenvalue weighted by Crippen LogP contribution is 2.38. The molecule has 0 radical (unpaired) electrons. The highest BCUT2D eigenvalue weighted by molar-refractivity contribution is 8.00. The van der Waals surface area contributed by atoms with Crippen LogP contribution in [0.2, 0.25) is 5.02 Å². The first-order chi connectivity index (χ1) is 9.24. The quantitative estimate of drug-likeness (QED) is 0.911. The SMILES string of the molecule is NC1c2ccccc2OCC1Sc1cccc(Cl)c1. The standard InChI is InChI=1S/C15H14ClNOS/c16-10-4-3-5-11(8-10)19-14-9-18-13-7-2-1-6-12(13)15(14)17/h1-8,14-15H,9,17H2. The Kier molecular flexibility index (Phi) is 3.69. The highest BCUT2D eigenvalue weighted by atomic mass is 35.5. The minimum Gasteiger partial charge on any atom is -0.492 e. The van der Waals surface area contributed by atoms with Crippen molar-refractivity contribution in [1.82, 2.24) is 0 Å². The predicted octanol–water partition coefficient (Wildman–Crippen LogP) is 3.89. The molecule has 1 aliphatic rings. The van der Waals surface area contributed by atoms with Crippen LogP contribution in [0, 0.1) is 0 Å². The van der Waals surface area contributed by atoms with Crippen molar-refractivity contribution >= 4 is 23.4 Å². The minimum atomic E-state index is -0.0195. The van der Waals surface area contributed by atoms with E-state index in [0.717, 1.165) is 21.2 Å². The summed E-state index contributed by atoms with van der Waals surface area (Å²) >= 11 is 7.72. The molecule has 0 saturated heterocycles. The van der Waals surface area contributed by atoms with Gasteiger partial charge in [-0.15, -0.1) is 11.8 Å². The number of ether oxygens (including phenoxy) is 1. The van der Waals surface area contributed by atoms with Gasteiger partial charge in [-0.2, -0.15) is 0 Å². The molecule has 0 fully saturated rings. The fraction of sp³-hybridized carbons (Fsp3) is 0.200. The van der Waals surface area contributed by atoms with E-state index in [4.69, 9.17) is 22.1 Å². The zero-order chi connectivity index (χ0) is 13.2. The molecule has 4 heteroatoms. The summed E-state index contributed by atoms with van der Waals surface area (Å²) in [7, 11) is 0. The molecule has 0 spiro atoms. The molecular weight excluding hydrogens is 278 g/mol. The van der Waals surface area contributed by atoms with Crippen molar-refractivity contribution in [2.75, 3.05) is 6.61 Å². The van der Waals surface area contributed by atoms with Gasteiger partial charge in [0, 0.05) is 21.5 Å². The second-order valence-electron chi connectivity index (χ2n) is 4.49. The van der Waals surface area contributed by atoms with Crippen LogP contribution in [0.1, 0.15) is 11.6 Å². The summed E-state index contributed by atoms with van der Waals surface area (Å²) in [6.45, 7) is 0.620. The van der Waals surface area contributed by atoms with Crippen molar-refractivity contribution in [3.8, 4) is 5.75 Å². The van der Waals surface area contributed by atoms with Crippen molar-refractivity contribution in [3.05, 3.63) is 59.1 Å². The van der Waals surface area contributed by atoms with Gasteiger partial charge in [0.2, 0.25) is 0 Å². The molecule has 98 valence electrons. The molecule has 2 aromatic rings. The number of para-hydroxylation sites is 1. The summed E-state index contributed by atoms with van der Waals surface area (Å²) < 4.78 is 5.78. The van der Waals surface area contributed by atoms with Crippen LogP contribution in [0.5, 0.6) is 5.75 Å². The average Bonchev–Trinajstić information content (AvgIpc) is 2.42. The van der Waals surface area contributed by atoms with E-state index in [2.05, 4.69) is 0 Å². The number of benzene rings is 2. The van der Waals surface area contributed by atoms with Crippen LogP contribution in [0.15, 0.2) is 53.4 Å². The summed E-state index contributed by atoms with van der Waals surface area (Å²) in [4.78, 5) is 1.12. The number of thioether (sulfide) groups is 1. The third-order valence-electron chi connectivity index (χ3n) is 3.17. The van der Waals surface area contributed by atoms with Crippen molar-refractivity contribution < 1.29 is 4.74 Å². The molecule has 2 N–H and O–H groups in total. The van der Waals surface area contributed by atoms with Crippen LogP contribution in [0.25, 0.3) is 0 Å². The molecule has 0 saturated carbocycles. The van der Waals surface area contributed by atoms with E-state index in [1.807, 2.05) is 48.5 Å². The molecule has 2 nitrogen and oxygen atoms in total. The molecule has 19 heavy (non-hydrogen) atoms. The van der Waals surface area contributed by atoms with Crippen molar-refractivity contribution in [2.24, 2.45) is 5.73 Å². The zero-order valence-electron chi connectivity index (χ0n) is 10.3. The first kappa shape index (κ1) is 12.9. The third kappa shape index (κ3) is 2.73. The molecule has 2 unspecified atom stereocenters. The Labute approximate surface area is 121 Å². The number of hydrogen-bond donors (Lipinski definition) is 1. The van der Waals surface area contributed by atoms with Crippen LogP contribution in [-0.2, 0) is 0 Å². The van der Waals surface area contributed by atoms with Crippen molar-refractivity contribution in [3.63, 3.8) is 0 Å². The number of fused-ring (bicyclic) bond motifs is 1. The van der Waals surface area contributed by atoms with E-state index in [1.54, 1.807) is 11.8 Å². The Morgan fingerprint density at radius 3 is 2.84 bits per heavy atom. The average molecular weight is 292 g/mol. The lowest BCUT2D eigenvalue weighted by Crippen LogP contribution is -2.33. The maximum atomic E-state index is 6.34. The van der Waals surface area contributed by atoms with Gasteiger partial charge in [-0.05, 0) is 24.3 Å². The molecule has 1 aliphatic heterocycles. The van der Waals surface area contributed by atoms with Crippen LogP contribution in [-0.4, -0.2) is 11.9 Å². The van der Waals surface area contributed by atoms with Gasteiger partial charge in [-0.1, -0.05) is 35.9 Å². The van der Waals surface area contributed by atoms with Crippen LogP contribution in [0.3, 0.4) is 0 Å². The molecule has 2 atom stereocenters. The van der Waals surface area contributed by atoms with Gasteiger partial charge in [-0.3, -0.25) is 0 Å². The van der Waals surface area contributed by atoms with E-state index in [9.17, 15) is 0 Å². The van der Waals surface area contributed by atoms with E-state index in [-0.39, 0.29) is 11.3 Å². The normalized spacial score (nSPS) is 21.6. The highest BCUT2D eigenvalue weighted by Gasteiger charge is 2.28. The van der Waals surface area contributed by atoms with E-state index >= 15 is 0 Å². The molecule has 1 heterocycles. The minimum absolute atomic E-state index is 0.0195. The maximum absolute atomic E-state index is 6.34. The lowest BCUT2D eigenvalue weighted by atomic mass is 10.0. The second kappa shape index (κ2) is 5.45. The van der Waals surface area contributed by atoms with Gasteiger partial charge in [0.05, 0.1) is 5.25 Å². The van der Waals surface area contributed by atoms with Crippen molar-refractivity contribution in [1.29, 1.82) is 0 Å².